The van der Waals surface area contributed by atoms with Gasteiger partial charge in [-0.3, -0.25) is 4.79 Å². The van der Waals surface area contributed by atoms with Gasteiger partial charge >= 0.3 is 0 Å². The minimum atomic E-state index is 0.0545. The van der Waals surface area contributed by atoms with E-state index in [0.29, 0.717) is 5.92 Å². The van der Waals surface area contributed by atoms with Gasteiger partial charge in [-0.15, -0.1) is 0 Å². The van der Waals surface area contributed by atoms with Crippen molar-refractivity contribution < 1.29 is 4.79 Å². The van der Waals surface area contributed by atoms with E-state index in [4.69, 9.17) is 0 Å². The molecule has 0 spiro atoms. The molecule has 2 aromatic rings. The Balaban J connectivity index is 1.89. The average Bonchev–Trinajstić information content (AvgIpc) is 2.89. The second kappa shape index (κ2) is 6.34. The molecule has 0 bridgehead atoms. The summed E-state index contributed by atoms with van der Waals surface area (Å²) < 4.78 is 0. The summed E-state index contributed by atoms with van der Waals surface area (Å²) in [6.45, 7) is 5.59. The van der Waals surface area contributed by atoms with Crippen LogP contribution in [0.4, 0.5) is 5.82 Å². The molecule has 2 atom stereocenters. The number of anilines is 1. The van der Waals surface area contributed by atoms with E-state index < -0.39 is 0 Å². The van der Waals surface area contributed by atoms with Crippen molar-refractivity contribution in [2.75, 3.05) is 18.0 Å². The van der Waals surface area contributed by atoms with Crippen LogP contribution in [0, 0.1) is 5.92 Å². The number of fused-ring (bicyclic) bond motifs is 1. The molecule has 22 heavy (non-hydrogen) atoms. The summed E-state index contributed by atoms with van der Waals surface area (Å²) in [7, 11) is 0. The number of benzene rings is 1. The minimum Gasteiger partial charge on any atom is -0.354 e. The second-order valence-electron chi connectivity index (χ2n) is 6.12. The first-order valence-electron chi connectivity index (χ1n) is 8.05. The Bertz CT molecular complexity index is 665. The summed E-state index contributed by atoms with van der Waals surface area (Å²) in [6.07, 6.45) is 4.14. The van der Waals surface area contributed by atoms with Crippen molar-refractivity contribution >= 4 is 22.5 Å². The molecule has 0 unspecified atom stereocenters. The zero-order chi connectivity index (χ0) is 15.5. The van der Waals surface area contributed by atoms with Gasteiger partial charge in [0.05, 0.1) is 6.04 Å². The summed E-state index contributed by atoms with van der Waals surface area (Å²) >= 11 is 0. The van der Waals surface area contributed by atoms with Crippen LogP contribution in [0.25, 0.3) is 10.8 Å². The Morgan fingerprint density at radius 2 is 2.14 bits per heavy atom. The fourth-order valence-corrected chi connectivity index (χ4v) is 3.49. The lowest BCUT2D eigenvalue weighted by Crippen LogP contribution is -2.39. The van der Waals surface area contributed by atoms with Gasteiger partial charge in [-0.2, -0.15) is 0 Å². The van der Waals surface area contributed by atoms with Crippen molar-refractivity contribution in [3.05, 3.63) is 36.5 Å². The lowest BCUT2D eigenvalue weighted by Gasteiger charge is -2.19. The highest BCUT2D eigenvalue weighted by Gasteiger charge is 2.33. The van der Waals surface area contributed by atoms with E-state index in [0.717, 1.165) is 31.7 Å². The molecule has 1 N–H and O–H groups in total. The van der Waals surface area contributed by atoms with Gasteiger partial charge in [-0.25, -0.2) is 4.98 Å². The normalized spacial score (nSPS) is 21.3. The van der Waals surface area contributed by atoms with E-state index in [1.807, 2.05) is 12.3 Å². The molecule has 1 saturated heterocycles. The van der Waals surface area contributed by atoms with Crippen LogP contribution in [-0.4, -0.2) is 30.0 Å². The maximum absolute atomic E-state index is 11.5. The molecule has 0 saturated carbocycles. The summed E-state index contributed by atoms with van der Waals surface area (Å²) in [6, 6.07) is 10.6. The molecule has 116 valence electrons. The molecule has 0 aliphatic carbocycles. The van der Waals surface area contributed by atoms with Gasteiger partial charge < -0.3 is 10.2 Å². The lowest BCUT2D eigenvalue weighted by atomic mass is 9.98. The third-order valence-electron chi connectivity index (χ3n) is 4.44. The summed E-state index contributed by atoms with van der Waals surface area (Å²) in [5, 5.41) is 5.51. The predicted octanol–water partition coefficient (Wildman–Crippen LogP) is 2.98. The van der Waals surface area contributed by atoms with Crippen LogP contribution in [0.5, 0.6) is 0 Å². The Labute approximate surface area is 131 Å². The van der Waals surface area contributed by atoms with E-state index in [9.17, 15) is 4.79 Å². The third kappa shape index (κ3) is 2.91. The predicted molar refractivity (Wildman–Crippen MR) is 90.0 cm³/mol. The maximum Gasteiger partial charge on any atom is 0.217 e. The van der Waals surface area contributed by atoms with Crippen molar-refractivity contribution in [2.24, 2.45) is 5.92 Å². The molecule has 1 amide bonds. The van der Waals surface area contributed by atoms with Crippen molar-refractivity contribution in [3.63, 3.8) is 0 Å². The highest BCUT2D eigenvalue weighted by Crippen LogP contribution is 2.30. The Morgan fingerprint density at radius 3 is 2.91 bits per heavy atom. The highest BCUT2D eigenvalue weighted by atomic mass is 16.1. The Hall–Kier alpha value is -2.10. The van der Waals surface area contributed by atoms with Gasteiger partial charge in [0, 0.05) is 31.6 Å². The number of aromatic nitrogens is 1. The van der Waals surface area contributed by atoms with E-state index in [1.165, 1.54) is 10.8 Å². The smallest absolute Gasteiger partial charge is 0.217 e. The van der Waals surface area contributed by atoms with Crippen molar-refractivity contribution in [3.8, 4) is 0 Å². The number of rotatable bonds is 4. The van der Waals surface area contributed by atoms with Crippen molar-refractivity contribution in [1.82, 2.24) is 10.3 Å². The zero-order valence-electron chi connectivity index (χ0n) is 13.2. The zero-order valence-corrected chi connectivity index (χ0v) is 13.2. The molecule has 0 radical (unpaired) electrons. The molecule has 1 aromatic heterocycles. The first kappa shape index (κ1) is 14.8. The summed E-state index contributed by atoms with van der Waals surface area (Å²) in [4.78, 5) is 18.4. The largest absolute Gasteiger partial charge is 0.354 e. The van der Waals surface area contributed by atoms with Gasteiger partial charge in [0.25, 0.3) is 0 Å². The van der Waals surface area contributed by atoms with Crippen LogP contribution in [0.3, 0.4) is 0 Å². The molecular formula is C18H23N3O. The van der Waals surface area contributed by atoms with E-state index in [-0.39, 0.29) is 11.9 Å². The third-order valence-corrected chi connectivity index (χ3v) is 4.44. The van der Waals surface area contributed by atoms with E-state index in [2.05, 4.69) is 46.4 Å². The number of nitrogens with zero attached hydrogens (tertiary/aromatic N) is 2. The topological polar surface area (TPSA) is 45.2 Å². The molecule has 4 nitrogen and oxygen atoms in total. The second-order valence-corrected chi connectivity index (χ2v) is 6.12. The fraction of sp³-hybridized carbons (Fsp3) is 0.444. The number of carbonyl (C=O) groups excluding carboxylic acids is 1. The fourth-order valence-electron chi connectivity index (χ4n) is 3.49. The Morgan fingerprint density at radius 1 is 1.32 bits per heavy atom. The van der Waals surface area contributed by atoms with Crippen LogP contribution in [0.1, 0.15) is 26.7 Å². The standard InChI is InChI=1S/C18H23N3O/c1-3-6-15-11-21(12-17(15)20-13(2)22)18-16-8-5-4-7-14(16)9-10-19-18/h4-5,7-10,15,17H,3,6,11-12H2,1-2H3,(H,20,22)/t15-,17-/m1/s1. The molecule has 1 aromatic carbocycles. The molecular weight excluding hydrogens is 274 g/mol. The highest BCUT2D eigenvalue weighted by molar-refractivity contribution is 5.92. The van der Waals surface area contributed by atoms with Crippen molar-refractivity contribution in [2.45, 2.75) is 32.7 Å². The van der Waals surface area contributed by atoms with Gasteiger partial charge in [0.1, 0.15) is 5.82 Å². The van der Waals surface area contributed by atoms with Crippen LogP contribution >= 0.6 is 0 Å². The van der Waals surface area contributed by atoms with Crippen LogP contribution < -0.4 is 10.2 Å². The van der Waals surface area contributed by atoms with Gasteiger partial charge in [0.15, 0.2) is 0 Å². The number of pyridine rings is 1. The molecule has 3 rings (SSSR count). The Kier molecular flexibility index (Phi) is 4.27. The van der Waals surface area contributed by atoms with Crippen LogP contribution in [0.2, 0.25) is 0 Å². The SMILES string of the molecule is CCC[C@@H]1CN(c2nccc3ccccc23)C[C@H]1NC(C)=O. The monoisotopic (exact) mass is 297 g/mol. The molecule has 2 heterocycles. The molecule has 1 aliphatic rings. The van der Waals surface area contributed by atoms with Crippen molar-refractivity contribution in [1.29, 1.82) is 0 Å². The lowest BCUT2D eigenvalue weighted by molar-refractivity contribution is -0.119. The van der Waals surface area contributed by atoms with Crippen LogP contribution in [0.15, 0.2) is 36.5 Å². The first-order valence-corrected chi connectivity index (χ1v) is 8.05. The van der Waals surface area contributed by atoms with Gasteiger partial charge in [-0.05, 0) is 23.8 Å². The summed E-state index contributed by atoms with van der Waals surface area (Å²) in [5.41, 5.74) is 0. The van der Waals surface area contributed by atoms with Crippen LogP contribution in [-0.2, 0) is 4.79 Å². The number of hydrogen-bond acceptors (Lipinski definition) is 3. The molecule has 1 aliphatic heterocycles. The minimum absolute atomic E-state index is 0.0545. The van der Waals surface area contributed by atoms with E-state index in [1.54, 1.807) is 6.92 Å². The number of carbonyl (C=O) groups is 1. The quantitative estimate of drug-likeness (QED) is 0.943. The van der Waals surface area contributed by atoms with Gasteiger partial charge in [0.2, 0.25) is 5.91 Å². The first-order chi connectivity index (χ1) is 10.7. The number of amides is 1. The van der Waals surface area contributed by atoms with E-state index >= 15 is 0 Å². The number of hydrogen-bond donors (Lipinski definition) is 1. The maximum atomic E-state index is 11.5. The summed E-state index contributed by atoms with van der Waals surface area (Å²) in [5.74, 6) is 1.58. The number of nitrogens with one attached hydrogen (secondary N) is 1. The molecule has 1 fully saturated rings. The average molecular weight is 297 g/mol. The van der Waals surface area contributed by atoms with Gasteiger partial charge in [-0.1, -0.05) is 37.6 Å². The molecule has 4 heteroatoms.